The predicted octanol–water partition coefficient (Wildman–Crippen LogP) is 1.78. The molecule has 2 aliphatic rings. The summed E-state index contributed by atoms with van der Waals surface area (Å²) in [5.74, 6) is -0.903. The van der Waals surface area contributed by atoms with E-state index in [2.05, 4.69) is 0 Å². The topological polar surface area (TPSA) is 57.6 Å². The third-order valence-electron chi connectivity index (χ3n) is 3.86. The van der Waals surface area contributed by atoms with Crippen molar-refractivity contribution in [2.45, 2.75) is 63.5 Å². The molecule has 0 heterocycles. The molecule has 0 saturated heterocycles. The Labute approximate surface area is 95.6 Å². The lowest BCUT2D eigenvalue weighted by Crippen LogP contribution is -2.52. The maximum absolute atomic E-state index is 11.7. The number of carbonyl (C=O) groups excluding carboxylic acids is 1. The number of amides is 1. The number of rotatable bonds is 3. The standard InChI is InChI=1S/C12H19NO3/c1-9(14)13(10-5-3-2-4-6-10)12(7-8-12)11(15)16/h10H,2-8H2,1H3,(H,15,16). The van der Waals surface area contributed by atoms with Crippen LogP contribution in [0.15, 0.2) is 0 Å². The smallest absolute Gasteiger partial charge is 0.329 e. The Bertz CT molecular complexity index is 303. The lowest BCUT2D eigenvalue weighted by atomic mass is 9.92. The SMILES string of the molecule is CC(=O)N(C1CCCCC1)C1(C(=O)O)CC1. The number of carboxylic acids is 1. The number of aliphatic carboxylic acids is 1. The van der Waals surface area contributed by atoms with Gasteiger partial charge in [-0.2, -0.15) is 0 Å². The van der Waals surface area contributed by atoms with Gasteiger partial charge in [-0.15, -0.1) is 0 Å². The summed E-state index contributed by atoms with van der Waals surface area (Å²) >= 11 is 0. The first kappa shape index (κ1) is 11.4. The molecule has 1 N–H and O–H groups in total. The van der Waals surface area contributed by atoms with Gasteiger partial charge in [0, 0.05) is 13.0 Å². The molecule has 0 unspecified atom stereocenters. The van der Waals surface area contributed by atoms with Crippen LogP contribution in [-0.2, 0) is 9.59 Å². The van der Waals surface area contributed by atoms with Gasteiger partial charge in [0.1, 0.15) is 5.54 Å². The van der Waals surface area contributed by atoms with E-state index < -0.39 is 11.5 Å². The second kappa shape index (κ2) is 4.07. The van der Waals surface area contributed by atoms with Crippen molar-refractivity contribution in [3.05, 3.63) is 0 Å². The molecule has 0 aromatic carbocycles. The quantitative estimate of drug-likeness (QED) is 0.796. The number of hydrogen-bond donors (Lipinski definition) is 1. The zero-order valence-corrected chi connectivity index (χ0v) is 9.74. The Morgan fingerprint density at radius 1 is 1.19 bits per heavy atom. The van der Waals surface area contributed by atoms with E-state index in [4.69, 9.17) is 0 Å². The second-order valence-electron chi connectivity index (χ2n) is 5.02. The Balaban J connectivity index is 2.17. The molecule has 1 amide bonds. The van der Waals surface area contributed by atoms with Crippen molar-refractivity contribution < 1.29 is 14.7 Å². The minimum absolute atomic E-state index is 0.0770. The molecular formula is C12H19NO3. The summed E-state index contributed by atoms with van der Waals surface area (Å²) in [6.07, 6.45) is 6.62. The van der Waals surface area contributed by atoms with Crippen molar-refractivity contribution >= 4 is 11.9 Å². The molecule has 0 aromatic heterocycles. The number of carbonyl (C=O) groups is 2. The van der Waals surface area contributed by atoms with Crippen LogP contribution >= 0.6 is 0 Å². The summed E-state index contributed by atoms with van der Waals surface area (Å²) < 4.78 is 0. The first-order valence-corrected chi connectivity index (χ1v) is 6.11. The first-order chi connectivity index (χ1) is 7.58. The highest BCUT2D eigenvalue weighted by atomic mass is 16.4. The molecule has 0 radical (unpaired) electrons. The van der Waals surface area contributed by atoms with Crippen LogP contribution in [0.4, 0.5) is 0 Å². The number of carboxylic acid groups (broad SMARTS) is 1. The number of nitrogens with zero attached hydrogens (tertiary/aromatic N) is 1. The van der Waals surface area contributed by atoms with E-state index in [0.717, 1.165) is 25.7 Å². The monoisotopic (exact) mass is 225 g/mol. The minimum atomic E-state index is -0.853. The Morgan fingerprint density at radius 2 is 1.75 bits per heavy atom. The van der Waals surface area contributed by atoms with Crippen LogP contribution in [0.3, 0.4) is 0 Å². The highest BCUT2D eigenvalue weighted by Crippen LogP contribution is 2.45. The normalized spacial score (nSPS) is 23.8. The predicted molar refractivity (Wildman–Crippen MR) is 59.0 cm³/mol. The molecule has 2 rings (SSSR count). The molecule has 2 aliphatic carbocycles. The molecule has 0 atom stereocenters. The zero-order chi connectivity index (χ0) is 11.8. The summed E-state index contributed by atoms with van der Waals surface area (Å²) in [7, 11) is 0. The van der Waals surface area contributed by atoms with Crippen molar-refractivity contribution in [2.75, 3.05) is 0 Å². The van der Waals surface area contributed by atoms with Gasteiger partial charge < -0.3 is 10.0 Å². The van der Waals surface area contributed by atoms with Crippen molar-refractivity contribution in [1.29, 1.82) is 0 Å². The molecular weight excluding hydrogens is 206 g/mol. The fourth-order valence-corrected chi connectivity index (χ4v) is 2.92. The maximum atomic E-state index is 11.7. The van der Waals surface area contributed by atoms with Gasteiger partial charge in [0.15, 0.2) is 0 Å². The fourth-order valence-electron chi connectivity index (χ4n) is 2.92. The van der Waals surface area contributed by atoms with Crippen molar-refractivity contribution in [2.24, 2.45) is 0 Å². The highest BCUT2D eigenvalue weighted by Gasteiger charge is 2.58. The van der Waals surface area contributed by atoms with Crippen LogP contribution in [-0.4, -0.2) is 33.5 Å². The van der Waals surface area contributed by atoms with E-state index in [-0.39, 0.29) is 11.9 Å². The second-order valence-corrected chi connectivity index (χ2v) is 5.02. The third kappa shape index (κ3) is 1.81. The highest BCUT2D eigenvalue weighted by molar-refractivity contribution is 5.89. The van der Waals surface area contributed by atoms with Crippen LogP contribution in [0.5, 0.6) is 0 Å². The van der Waals surface area contributed by atoms with Gasteiger partial charge in [-0.1, -0.05) is 19.3 Å². The third-order valence-corrected chi connectivity index (χ3v) is 3.86. The first-order valence-electron chi connectivity index (χ1n) is 6.11. The van der Waals surface area contributed by atoms with Gasteiger partial charge in [-0.25, -0.2) is 4.79 Å². The summed E-state index contributed by atoms with van der Waals surface area (Å²) in [6, 6.07) is 0.157. The fraction of sp³-hybridized carbons (Fsp3) is 0.833. The minimum Gasteiger partial charge on any atom is -0.479 e. The Morgan fingerprint density at radius 3 is 2.12 bits per heavy atom. The van der Waals surface area contributed by atoms with E-state index in [1.165, 1.54) is 13.3 Å². The van der Waals surface area contributed by atoms with Gasteiger partial charge in [0.2, 0.25) is 5.91 Å². The molecule has 0 bridgehead atoms. The van der Waals surface area contributed by atoms with Gasteiger partial charge in [0.05, 0.1) is 0 Å². The summed E-state index contributed by atoms with van der Waals surface area (Å²) in [5.41, 5.74) is -0.853. The molecule has 4 nitrogen and oxygen atoms in total. The van der Waals surface area contributed by atoms with Crippen LogP contribution in [0.2, 0.25) is 0 Å². The van der Waals surface area contributed by atoms with Crippen LogP contribution in [0, 0.1) is 0 Å². The summed E-state index contributed by atoms with van der Waals surface area (Å²) in [6.45, 7) is 1.50. The molecule has 2 fully saturated rings. The van der Waals surface area contributed by atoms with Crippen molar-refractivity contribution in [3.63, 3.8) is 0 Å². The summed E-state index contributed by atoms with van der Waals surface area (Å²) in [4.78, 5) is 24.6. The molecule has 0 aromatic rings. The van der Waals surface area contributed by atoms with Crippen molar-refractivity contribution in [3.8, 4) is 0 Å². The van der Waals surface area contributed by atoms with Crippen LogP contribution < -0.4 is 0 Å². The lowest BCUT2D eigenvalue weighted by Gasteiger charge is -2.38. The lowest BCUT2D eigenvalue weighted by molar-refractivity contribution is -0.154. The van der Waals surface area contributed by atoms with E-state index >= 15 is 0 Å². The maximum Gasteiger partial charge on any atom is 0.329 e. The zero-order valence-electron chi connectivity index (χ0n) is 9.74. The molecule has 4 heteroatoms. The van der Waals surface area contributed by atoms with E-state index in [1.807, 2.05) is 0 Å². The Hall–Kier alpha value is -1.06. The van der Waals surface area contributed by atoms with E-state index in [1.54, 1.807) is 4.90 Å². The van der Waals surface area contributed by atoms with Crippen LogP contribution in [0.1, 0.15) is 51.9 Å². The van der Waals surface area contributed by atoms with E-state index in [9.17, 15) is 14.7 Å². The molecule has 90 valence electrons. The molecule has 16 heavy (non-hydrogen) atoms. The van der Waals surface area contributed by atoms with Crippen LogP contribution in [0.25, 0.3) is 0 Å². The molecule has 0 aliphatic heterocycles. The average Bonchev–Trinajstić information content (AvgIpc) is 3.00. The summed E-state index contributed by atoms with van der Waals surface area (Å²) in [5, 5.41) is 9.26. The molecule has 0 spiro atoms. The average molecular weight is 225 g/mol. The van der Waals surface area contributed by atoms with Gasteiger partial charge in [-0.3, -0.25) is 4.79 Å². The van der Waals surface area contributed by atoms with Gasteiger partial charge >= 0.3 is 5.97 Å². The van der Waals surface area contributed by atoms with Gasteiger partial charge in [0.25, 0.3) is 0 Å². The largest absolute Gasteiger partial charge is 0.479 e. The van der Waals surface area contributed by atoms with Crippen molar-refractivity contribution in [1.82, 2.24) is 4.90 Å². The molecule has 2 saturated carbocycles. The Kier molecular flexibility index (Phi) is 2.91. The number of hydrogen-bond acceptors (Lipinski definition) is 2. The van der Waals surface area contributed by atoms with E-state index in [0.29, 0.717) is 12.8 Å². The van der Waals surface area contributed by atoms with Gasteiger partial charge in [-0.05, 0) is 25.7 Å².